The van der Waals surface area contributed by atoms with Gasteiger partial charge in [0.1, 0.15) is 0 Å². The molecule has 1 atom stereocenters. The number of benzene rings is 1. The lowest BCUT2D eigenvalue weighted by molar-refractivity contribution is 0.0735. The third kappa shape index (κ3) is 2.83. The second kappa shape index (κ2) is 6.53. The van der Waals surface area contributed by atoms with Gasteiger partial charge in [-0.1, -0.05) is 30.3 Å². The fourth-order valence-corrected chi connectivity index (χ4v) is 3.87. The van der Waals surface area contributed by atoms with Crippen LogP contribution in [0.25, 0.3) is 11.4 Å². The van der Waals surface area contributed by atoms with Gasteiger partial charge < -0.3 is 4.90 Å². The zero-order valence-electron chi connectivity index (χ0n) is 13.1. The van der Waals surface area contributed by atoms with Crippen molar-refractivity contribution in [3.8, 4) is 11.4 Å². The molecule has 24 heavy (non-hydrogen) atoms. The number of likely N-dealkylation sites (tertiary alicyclic amines) is 1. The Kier molecular flexibility index (Phi) is 4.09. The lowest BCUT2D eigenvalue weighted by Gasteiger charge is -2.24. The second-order valence-electron chi connectivity index (χ2n) is 5.87. The number of amides is 1. The van der Waals surface area contributed by atoms with Crippen LogP contribution in [0.4, 0.5) is 0 Å². The first-order valence-electron chi connectivity index (χ1n) is 8.03. The van der Waals surface area contributed by atoms with Crippen LogP contribution in [-0.2, 0) is 0 Å². The van der Waals surface area contributed by atoms with Crippen LogP contribution in [0, 0.1) is 0 Å². The Morgan fingerprint density at radius 1 is 1.12 bits per heavy atom. The molecule has 4 rings (SSSR count). The van der Waals surface area contributed by atoms with Gasteiger partial charge in [0.2, 0.25) is 0 Å². The van der Waals surface area contributed by atoms with E-state index < -0.39 is 0 Å². The summed E-state index contributed by atoms with van der Waals surface area (Å²) in [6, 6.07) is 12.1. The van der Waals surface area contributed by atoms with Crippen LogP contribution < -0.4 is 0 Å². The number of aromatic nitrogens is 2. The fourth-order valence-electron chi connectivity index (χ4n) is 3.16. The quantitative estimate of drug-likeness (QED) is 0.721. The van der Waals surface area contributed by atoms with Crippen LogP contribution in [0.1, 0.15) is 34.8 Å². The average Bonchev–Trinajstić information content (AvgIpc) is 3.33. The molecular weight excluding hydrogens is 318 g/mol. The van der Waals surface area contributed by atoms with Gasteiger partial charge in [0.05, 0.1) is 11.6 Å². The van der Waals surface area contributed by atoms with Crippen molar-refractivity contribution in [3.05, 3.63) is 70.7 Å². The summed E-state index contributed by atoms with van der Waals surface area (Å²) in [5.74, 6) is 0.659. The van der Waals surface area contributed by atoms with E-state index in [1.54, 1.807) is 23.7 Å². The van der Waals surface area contributed by atoms with Crippen LogP contribution in [0.5, 0.6) is 0 Å². The number of carbonyl (C=O) groups excluding carboxylic acids is 1. The van der Waals surface area contributed by atoms with Gasteiger partial charge in [-0.2, -0.15) is 11.3 Å². The predicted octanol–water partition coefficient (Wildman–Crippen LogP) is 4.18. The first-order valence-corrected chi connectivity index (χ1v) is 8.98. The number of hydrogen-bond donors (Lipinski definition) is 0. The molecular formula is C19H17N3OS. The minimum Gasteiger partial charge on any atom is -0.331 e. The maximum Gasteiger partial charge on any atom is 0.257 e. The minimum atomic E-state index is 0.0170. The van der Waals surface area contributed by atoms with E-state index in [1.165, 1.54) is 5.56 Å². The first kappa shape index (κ1) is 15.0. The van der Waals surface area contributed by atoms with E-state index in [-0.39, 0.29) is 11.9 Å². The molecule has 1 aliphatic rings. The predicted molar refractivity (Wildman–Crippen MR) is 94.8 cm³/mol. The summed E-state index contributed by atoms with van der Waals surface area (Å²) in [5.41, 5.74) is 2.73. The fraction of sp³-hybridized carbons (Fsp3) is 0.211. The van der Waals surface area contributed by atoms with Crippen molar-refractivity contribution in [3.63, 3.8) is 0 Å². The third-order valence-corrected chi connectivity index (χ3v) is 5.07. The average molecular weight is 335 g/mol. The van der Waals surface area contributed by atoms with Gasteiger partial charge in [-0.25, -0.2) is 9.97 Å². The molecule has 2 aromatic heterocycles. The molecule has 1 fully saturated rings. The van der Waals surface area contributed by atoms with Gasteiger partial charge in [0.15, 0.2) is 5.82 Å². The van der Waals surface area contributed by atoms with Crippen molar-refractivity contribution in [1.82, 2.24) is 14.9 Å². The Labute approximate surface area is 144 Å². The first-order chi connectivity index (χ1) is 11.8. The van der Waals surface area contributed by atoms with Gasteiger partial charge in [-0.05, 0) is 35.2 Å². The zero-order valence-corrected chi connectivity index (χ0v) is 13.9. The van der Waals surface area contributed by atoms with Crippen molar-refractivity contribution in [2.45, 2.75) is 18.9 Å². The number of carbonyl (C=O) groups is 1. The molecule has 0 radical (unpaired) electrons. The highest BCUT2D eigenvalue weighted by atomic mass is 32.1. The molecule has 1 aliphatic heterocycles. The lowest BCUT2D eigenvalue weighted by Crippen LogP contribution is -2.30. The van der Waals surface area contributed by atoms with Gasteiger partial charge >= 0.3 is 0 Å². The van der Waals surface area contributed by atoms with E-state index in [2.05, 4.69) is 26.8 Å². The summed E-state index contributed by atoms with van der Waals surface area (Å²) in [4.78, 5) is 23.5. The van der Waals surface area contributed by atoms with E-state index >= 15 is 0 Å². The Balaban J connectivity index is 1.56. The summed E-state index contributed by atoms with van der Waals surface area (Å²) in [6.07, 6.45) is 5.34. The molecule has 0 spiro atoms. The van der Waals surface area contributed by atoms with Crippen LogP contribution in [0.2, 0.25) is 0 Å². The van der Waals surface area contributed by atoms with E-state index in [4.69, 9.17) is 0 Å². The summed E-state index contributed by atoms with van der Waals surface area (Å²) < 4.78 is 0. The highest BCUT2D eigenvalue weighted by Crippen LogP contribution is 2.34. The number of rotatable bonds is 3. The van der Waals surface area contributed by atoms with Gasteiger partial charge in [-0.3, -0.25) is 4.79 Å². The van der Waals surface area contributed by atoms with Gasteiger partial charge in [-0.15, -0.1) is 0 Å². The molecule has 3 heterocycles. The van der Waals surface area contributed by atoms with Crippen molar-refractivity contribution in [2.75, 3.05) is 6.54 Å². The highest BCUT2D eigenvalue weighted by molar-refractivity contribution is 7.08. The minimum absolute atomic E-state index is 0.0170. The van der Waals surface area contributed by atoms with E-state index in [0.29, 0.717) is 11.4 Å². The molecule has 1 amide bonds. The van der Waals surface area contributed by atoms with E-state index in [9.17, 15) is 4.79 Å². The second-order valence-corrected chi connectivity index (χ2v) is 6.65. The Morgan fingerprint density at radius 3 is 2.62 bits per heavy atom. The smallest absolute Gasteiger partial charge is 0.257 e. The number of hydrogen-bond acceptors (Lipinski definition) is 4. The molecule has 4 nitrogen and oxygen atoms in total. The number of nitrogens with zero attached hydrogens (tertiary/aromatic N) is 3. The summed E-state index contributed by atoms with van der Waals surface area (Å²) >= 11 is 1.67. The van der Waals surface area contributed by atoms with Crippen molar-refractivity contribution >= 4 is 17.2 Å². The van der Waals surface area contributed by atoms with E-state index in [0.717, 1.165) is 24.9 Å². The van der Waals surface area contributed by atoms with Crippen LogP contribution >= 0.6 is 11.3 Å². The molecule has 0 aliphatic carbocycles. The largest absolute Gasteiger partial charge is 0.331 e. The van der Waals surface area contributed by atoms with Gasteiger partial charge in [0, 0.05) is 24.5 Å². The maximum atomic E-state index is 12.8. The van der Waals surface area contributed by atoms with Crippen LogP contribution in [0.15, 0.2) is 59.6 Å². The van der Waals surface area contributed by atoms with Crippen molar-refractivity contribution in [2.24, 2.45) is 0 Å². The molecule has 5 heteroatoms. The molecule has 1 aromatic carbocycles. The molecule has 120 valence electrons. The van der Waals surface area contributed by atoms with E-state index in [1.807, 2.05) is 35.2 Å². The number of thiophene rings is 1. The Bertz CT molecular complexity index is 816. The molecule has 0 saturated carbocycles. The molecule has 0 unspecified atom stereocenters. The van der Waals surface area contributed by atoms with Gasteiger partial charge in [0.25, 0.3) is 5.91 Å². The third-order valence-electron chi connectivity index (χ3n) is 4.37. The lowest BCUT2D eigenvalue weighted by atomic mass is 10.1. The van der Waals surface area contributed by atoms with Crippen LogP contribution in [-0.4, -0.2) is 27.3 Å². The topological polar surface area (TPSA) is 46.1 Å². The molecule has 0 N–H and O–H groups in total. The summed E-state index contributed by atoms with van der Waals surface area (Å²) in [6.45, 7) is 0.791. The molecule has 1 saturated heterocycles. The standard InChI is InChI=1S/C19H17N3OS/c23-19(22-9-4-7-17(22)15-8-10-24-13-15)16-11-20-18(21-12-16)14-5-2-1-3-6-14/h1-3,5-6,8,10-13,17H,4,7,9H2/t17-/m1/s1. The molecule has 0 bridgehead atoms. The zero-order chi connectivity index (χ0) is 16.4. The monoisotopic (exact) mass is 335 g/mol. The summed E-state index contributed by atoms with van der Waals surface area (Å²) in [5, 5.41) is 4.19. The van der Waals surface area contributed by atoms with Crippen LogP contribution in [0.3, 0.4) is 0 Å². The van der Waals surface area contributed by atoms with Crippen molar-refractivity contribution < 1.29 is 4.79 Å². The molecule has 3 aromatic rings. The SMILES string of the molecule is O=C(c1cnc(-c2ccccc2)nc1)N1CCC[C@@H]1c1ccsc1. The maximum absolute atomic E-state index is 12.8. The highest BCUT2D eigenvalue weighted by Gasteiger charge is 2.31. The Morgan fingerprint density at radius 2 is 1.92 bits per heavy atom. The summed E-state index contributed by atoms with van der Waals surface area (Å²) in [7, 11) is 0. The Hall–Kier alpha value is -2.53. The normalized spacial score (nSPS) is 17.2. The van der Waals surface area contributed by atoms with Crippen molar-refractivity contribution in [1.29, 1.82) is 0 Å².